The van der Waals surface area contributed by atoms with Crippen LogP contribution >= 0.6 is 0 Å². The third kappa shape index (κ3) is 2.77. The fourth-order valence-corrected chi connectivity index (χ4v) is 2.88. The number of allylic oxidation sites excluding steroid dienone is 1. The minimum atomic E-state index is -2.05. The van der Waals surface area contributed by atoms with Gasteiger partial charge in [-0.1, -0.05) is 0 Å². The summed E-state index contributed by atoms with van der Waals surface area (Å²) >= 11 is -2.05. The lowest BCUT2D eigenvalue weighted by Crippen LogP contribution is -2.24. The topological polar surface area (TPSA) is 106 Å². The first-order valence-corrected chi connectivity index (χ1v) is 7.10. The van der Waals surface area contributed by atoms with Crippen LogP contribution in [0, 0.1) is 11.2 Å². The molecule has 0 aromatic heterocycles. The number of halogens is 2. The molecule has 0 bridgehead atoms. The van der Waals surface area contributed by atoms with Crippen molar-refractivity contribution in [1.82, 2.24) is 10.0 Å². The maximum atomic E-state index is 14.6. The molecule has 1 heterocycles. The largest absolute Gasteiger partial charge is 0.506 e. The van der Waals surface area contributed by atoms with Crippen LogP contribution in [0.15, 0.2) is 18.3 Å². The average Bonchev–Trinajstić information content (AvgIpc) is 2.76. The quantitative estimate of drug-likeness (QED) is 0.605. The molecule has 2 rings (SSSR count). The molecule has 1 atom stereocenters. The number of phenols is 1. The van der Waals surface area contributed by atoms with Crippen molar-refractivity contribution in [2.24, 2.45) is 0 Å². The van der Waals surface area contributed by atoms with Gasteiger partial charge in [0, 0.05) is 18.8 Å². The van der Waals surface area contributed by atoms with E-state index in [2.05, 4.69) is 10.0 Å². The van der Waals surface area contributed by atoms with Gasteiger partial charge in [-0.2, -0.15) is 4.39 Å². The zero-order valence-corrected chi connectivity index (χ0v) is 12.1. The van der Waals surface area contributed by atoms with Gasteiger partial charge in [0.15, 0.2) is 5.82 Å². The Morgan fingerprint density at radius 2 is 2.27 bits per heavy atom. The van der Waals surface area contributed by atoms with Crippen molar-refractivity contribution in [3.8, 4) is 5.75 Å². The van der Waals surface area contributed by atoms with E-state index in [-0.39, 0.29) is 11.1 Å². The Balaban J connectivity index is 2.60. The normalized spacial score (nSPS) is 18.3. The molecule has 0 aliphatic carbocycles. The Morgan fingerprint density at radius 1 is 1.59 bits per heavy atom. The zero-order valence-electron chi connectivity index (χ0n) is 11.3. The SMILES string of the molecule is CN/C=C(\C(=N)F)c1ccc(O)c(N2CC(=O)NS2=O)c1F. The van der Waals surface area contributed by atoms with Crippen LogP contribution < -0.4 is 14.3 Å². The maximum Gasteiger partial charge on any atom is 0.253 e. The van der Waals surface area contributed by atoms with Crippen LogP contribution in [0.25, 0.3) is 5.57 Å². The Morgan fingerprint density at radius 3 is 2.77 bits per heavy atom. The molecule has 10 heteroatoms. The summed E-state index contributed by atoms with van der Waals surface area (Å²) in [6, 6.07) is 2.15. The van der Waals surface area contributed by atoms with Crippen LogP contribution in [-0.2, 0) is 16.0 Å². The highest BCUT2D eigenvalue weighted by molar-refractivity contribution is 7.85. The molecule has 1 saturated heterocycles. The molecule has 1 amide bonds. The Kier molecular flexibility index (Phi) is 4.40. The van der Waals surface area contributed by atoms with Crippen molar-refractivity contribution in [3.05, 3.63) is 29.7 Å². The maximum absolute atomic E-state index is 14.6. The lowest BCUT2D eigenvalue weighted by Gasteiger charge is -2.18. The van der Waals surface area contributed by atoms with Crippen LogP contribution in [-0.4, -0.2) is 34.8 Å². The monoisotopic (exact) mass is 330 g/mol. The molecule has 22 heavy (non-hydrogen) atoms. The van der Waals surface area contributed by atoms with E-state index in [4.69, 9.17) is 5.41 Å². The van der Waals surface area contributed by atoms with Gasteiger partial charge in [0.2, 0.25) is 17.1 Å². The lowest BCUT2D eigenvalue weighted by molar-refractivity contribution is -0.117. The summed E-state index contributed by atoms with van der Waals surface area (Å²) < 4.78 is 42.5. The van der Waals surface area contributed by atoms with Gasteiger partial charge in [0.25, 0.3) is 5.91 Å². The Bertz CT molecular complexity index is 708. The zero-order chi connectivity index (χ0) is 16.4. The van der Waals surface area contributed by atoms with E-state index in [1.165, 1.54) is 7.05 Å². The molecular weight excluding hydrogens is 318 g/mol. The molecule has 1 aliphatic rings. The molecule has 1 aliphatic heterocycles. The lowest BCUT2D eigenvalue weighted by atomic mass is 10.0. The molecule has 1 aromatic carbocycles. The van der Waals surface area contributed by atoms with Gasteiger partial charge in [0.05, 0.1) is 5.57 Å². The number of carbonyl (C=O) groups is 1. The predicted molar refractivity (Wildman–Crippen MR) is 77.6 cm³/mol. The van der Waals surface area contributed by atoms with Gasteiger partial charge in [-0.25, -0.2) is 8.60 Å². The number of nitrogens with zero attached hydrogens (tertiary/aromatic N) is 1. The predicted octanol–water partition coefficient (Wildman–Crippen LogP) is 0.553. The molecule has 0 radical (unpaired) electrons. The Labute approximate surface area is 126 Å². The molecular formula is C12H12F2N4O3S. The van der Waals surface area contributed by atoms with E-state index in [9.17, 15) is 22.9 Å². The fourth-order valence-electron chi connectivity index (χ4n) is 1.94. The summed E-state index contributed by atoms with van der Waals surface area (Å²) in [5, 5.41) is 19.3. The Hall–Kier alpha value is -2.49. The molecule has 0 saturated carbocycles. The number of amides is 1. The number of carbonyl (C=O) groups excluding carboxylic acids is 1. The van der Waals surface area contributed by atoms with Crippen LogP contribution in [0.5, 0.6) is 5.75 Å². The van der Waals surface area contributed by atoms with E-state index in [1.807, 2.05) is 0 Å². The molecule has 118 valence electrons. The second-order valence-electron chi connectivity index (χ2n) is 4.27. The van der Waals surface area contributed by atoms with Crippen molar-refractivity contribution in [2.75, 3.05) is 17.9 Å². The number of hydrogen-bond donors (Lipinski definition) is 4. The minimum Gasteiger partial charge on any atom is -0.506 e. The molecule has 7 nitrogen and oxygen atoms in total. The molecule has 4 N–H and O–H groups in total. The number of benzene rings is 1. The second-order valence-corrected chi connectivity index (χ2v) is 5.41. The number of phenolic OH excluding ortho intramolecular Hbond substituents is 1. The summed E-state index contributed by atoms with van der Waals surface area (Å²) in [7, 11) is 1.44. The van der Waals surface area contributed by atoms with E-state index in [0.29, 0.717) is 0 Å². The average molecular weight is 330 g/mol. The van der Waals surface area contributed by atoms with Gasteiger partial charge in [-0.3, -0.25) is 19.2 Å². The minimum absolute atomic E-state index is 0.314. The van der Waals surface area contributed by atoms with E-state index < -0.39 is 46.8 Å². The highest BCUT2D eigenvalue weighted by Crippen LogP contribution is 2.36. The van der Waals surface area contributed by atoms with Gasteiger partial charge < -0.3 is 10.4 Å². The fraction of sp³-hybridized carbons (Fsp3) is 0.167. The van der Waals surface area contributed by atoms with Crippen LogP contribution in [0.1, 0.15) is 5.56 Å². The summed E-state index contributed by atoms with van der Waals surface area (Å²) in [4.78, 5) is 11.2. The molecule has 1 unspecified atom stereocenters. The van der Waals surface area contributed by atoms with E-state index in [0.717, 1.165) is 22.6 Å². The van der Waals surface area contributed by atoms with Crippen LogP contribution in [0.4, 0.5) is 14.5 Å². The molecule has 1 aromatic rings. The third-order valence-corrected chi connectivity index (χ3v) is 3.96. The smallest absolute Gasteiger partial charge is 0.253 e. The van der Waals surface area contributed by atoms with Crippen molar-refractivity contribution in [1.29, 1.82) is 5.41 Å². The van der Waals surface area contributed by atoms with Gasteiger partial charge in [-0.15, -0.1) is 0 Å². The first kappa shape index (κ1) is 15.9. The van der Waals surface area contributed by atoms with Crippen molar-refractivity contribution in [3.63, 3.8) is 0 Å². The van der Waals surface area contributed by atoms with E-state index >= 15 is 0 Å². The van der Waals surface area contributed by atoms with Crippen molar-refractivity contribution >= 4 is 34.3 Å². The third-order valence-electron chi connectivity index (χ3n) is 2.85. The summed E-state index contributed by atoms with van der Waals surface area (Å²) in [6.07, 6.45) is 1.08. The highest BCUT2D eigenvalue weighted by atomic mass is 32.2. The number of hydrogen-bond acceptors (Lipinski definition) is 5. The standard InChI is InChI=1S/C12H12F2N4O3S/c1-16-4-7(12(14)15)6-2-3-8(19)11(10(6)13)18-5-9(20)17-22(18)21/h2-4,15-16,19H,5H2,1H3,(H,17,20)/b7-4-,15-12?. The summed E-state index contributed by atoms with van der Waals surface area (Å²) in [6.45, 7) is -0.418. The summed E-state index contributed by atoms with van der Waals surface area (Å²) in [5.41, 5.74) is -1.20. The van der Waals surface area contributed by atoms with Gasteiger partial charge in [-0.05, 0) is 12.1 Å². The van der Waals surface area contributed by atoms with Gasteiger partial charge in [0.1, 0.15) is 18.0 Å². The number of rotatable bonds is 4. The van der Waals surface area contributed by atoms with Crippen molar-refractivity contribution < 1.29 is 22.9 Å². The summed E-state index contributed by atoms with van der Waals surface area (Å²) in [5.74, 6) is -3.64. The number of anilines is 1. The second kappa shape index (κ2) is 6.10. The van der Waals surface area contributed by atoms with Crippen molar-refractivity contribution in [2.45, 2.75) is 0 Å². The molecule has 0 spiro atoms. The molecule has 1 fully saturated rings. The number of aromatic hydroxyl groups is 1. The van der Waals surface area contributed by atoms with E-state index in [1.54, 1.807) is 0 Å². The first-order valence-electron chi connectivity index (χ1n) is 5.99. The number of nitrogens with one attached hydrogen (secondary N) is 3. The highest BCUT2D eigenvalue weighted by Gasteiger charge is 2.32. The van der Waals surface area contributed by atoms with Gasteiger partial charge >= 0.3 is 0 Å². The van der Waals surface area contributed by atoms with Crippen LogP contribution in [0.2, 0.25) is 0 Å². The first-order chi connectivity index (χ1) is 10.4. The van der Waals surface area contributed by atoms with Crippen LogP contribution in [0.3, 0.4) is 0 Å².